The summed E-state index contributed by atoms with van der Waals surface area (Å²) in [7, 11) is -4.34. The van der Waals surface area contributed by atoms with E-state index in [1.54, 1.807) is 0 Å². The van der Waals surface area contributed by atoms with Crippen molar-refractivity contribution in [3.05, 3.63) is 58.4 Å². The van der Waals surface area contributed by atoms with Gasteiger partial charge in [-0.25, -0.2) is 4.79 Å². The first kappa shape index (κ1) is 19.1. The van der Waals surface area contributed by atoms with Crippen molar-refractivity contribution in [1.29, 1.82) is 0 Å². The molecule has 1 aliphatic heterocycles. The van der Waals surface area contributed by atoms with E-state index in [4.69, 9.17) is 18.1 Å². The van der Waals surface area contributed by atoms with Crippen LogP contribution < -0.4 is 19.3 Å². The van der Waals surface area contributed by atoms with Crippen LogP contribution in [0.4, 0.5) is 13.2 Å². The van der Waals surface area contributed by atoms with Crippen LogP contribution >= 0.6 is 0 Å². The minimum atomic E-state index is -4.78. The fourth-order valence-corrected chi connectivity index (χ4v) is 3.72. The second kappa shape index (κ2) is 6.69. The summed E-state index contributed by atoms with van der Waals surface area (Å²) in [6.45, 7) is 0.584. The third-order valence-electron chi connectivity index (χ3n) is 4.03. The Kier molecular flexibility index (Phi) is 4.41. The number of halogens is 3. The van der Waals surface area contributed by atoms with E-state index in [0.717, 1.165) is 18.2 Å². The van der Waals surface area contributed by atoms with Gasteiger partial charge in [-0.05, 0) is 24.3 Å². The summed E-state index contributed by atoms with van der Waals surface area (Å²) in [6.07, 6.45) is -4.78. The van der Waals surface area contributed by atoms with Crippen LogP contribution in [0.3, 0.4) is 0 Å². The highest BCUT2D eigenvalue weighted by Gasteiger charge is 2.34. The molecule has 0 fully saturated rings. The largest absolute Gasteiger partial charge is 0.486 e. The van der Waals surface area contributed by atoms with E-state index in [0.29, 0.717) is 18.4 Å². The van der Waals surface area contributed by atoms with Gasteiger partial charge in [0.15, 0.2) is 11.5 Å². The van der Waals surface area contributed by atoms with Gasteiger partial charge in [-0.2, -0.15) is 21.6 Å². The maximum absolute atomic E-state index is 13.1. The van der Waals surface area contributed by atoms with E-state index < -0.39 is 38.5 Å². The Morgan fingerprint density at radius 1 is 0.931 bits per heavy atom. The van der Waals surface area contributed by atoms with E-state index in [1.165, 1.54) is 18.2 Å². The van der Waals surface area contributed by atoms with Crippen LogP contribution in [0.5, 0.6) is 17.2 Å². The summed E-state index contributed by atoms with van der Waals surface area (Å²) in [6, 6.07) is 7.09. The van der Waals surface area contributed by atoms with Crippen LogP contribution in [0.2, 0.25) is 0 Å². The Labute approximate surface area is 161 Å². The molecule has 0 bridgehead atoms. The Hall–Kier alpha value is -3.21. The molecule has 0 saturated heterocycles. The highest BCUT2D eigenvalue weighted by molar-refractivity contribution is 7.87. The molecular weight excluding hydrogens is 417 g/mol. The number of alkyl halides is 3. The van der Waals surface area contributed by atoms with Crippen molar-refractivity contribution in [2.75, 3.05) is 13.2 Å². The zero-order valence-corrected chi connectivity index (χ0v) is 15.2. The molecule has 2 heterocycles. The second-order valence-corrected chi connectivity index (χ2v) is 7.52. The molecule has 4 rings (SSSR count). The monoisotopic (exact) mass is 428 g/mol. The summed E-state index contributed by atoms with van der Waals surface area (Å²) < 4.78 is 84.7. The number of hydrogen-bond acceptors (Lipinski definition) is 7. The Balaban J connectivity index is 1.71. The Morgan fingerprint density at radius 2 is 1.66 bits per heavy atom. The molecule has 152 valence electrons. The van der Waals surface area contributed by atoms with Crippen molar-refractivity contribution in [3.63, 3.8) is 0 Å². The molecule has 29 heavy (non-hydrogen) atoms. The molecule has 0 amide bonds. The summed E-state index contributed by atoms with van der Waals surface area (Å²) in [4.78, 5) is 11.2. The number of hydrogen-bond donors (Lipinski definition) is 0. The van der Waals surface area contributed by atoms with Crippen molar-refractivity contribution in [2.24, 2.45) is 0 Å². The van der Waals surface area contributed by atoms with Crippen LogP contribution in [0.1, 0.15) is 5.56 Å². The van der Waals surface area contributed by atoms with Gasteiger partial charge in [0.1, 0.15) is 29.4 Å². The molecule has 0 aliphatic carbocycles. The van der Waals surface area contributed by atoms with Gasteiger partial charge in [-0.3, -0.25) is 0 Å². The minimum absolute atomic E-state index is 0.222. The van der Waals surface area contributed by atoms with Crippen molar-refractivity contribution in [3.8, 4) is 17.2 Å². The van der Waals surface area contributed by atoms with Crippen molar-refractivity contribution in [2.45, 2.75) is 11.1 Å². The highest BCUT2D eigenvalue weighted by atomic mass is 32.2. The van der Waals surface area contributed by atoms with Gasteiger partial charge in [-0.1, -0.05) is 0 Å². The SMILES string of the molecule is O=c1cc(C(F)(F)F)c2ccc(OS(=O)(=O)c3ccc4c(c3)OCCO4)cc2o1. The van der Waals surface area contributed by atoms with Crippen molar-refractivity contribution in [1.82, 2.24) is 0 Å². The zero-order valence-electron chi connectivity index (χ0n) is 14.4. The van der Waals surface area contributed by atoms with Crippen molar-refractivity contribution < 1.29 is 39.7 Å². The standard InChI is InChI=1S/C18H11F3O7S/c19-18(20,21)13-9-17(22)27-15-7-10(1-3-12(13)15)28-29(23,24)11-2-4-14-16(8-11)26-6-5-25-14/h1-4,7-9H,5-6H2. The molecule has 11 heteroatoms. The van der Waals surface area contributed by atoms with Crippen LogP contribution in [-0.4, -0.2) is 21.6 Å². The fraction of sp³-hybridized carbons (Fsp3) is 0.167. The molecule has 1 aliphatic rings. The lowest BCUT2D eigenvalue weighted by molar-refractivity contribution is -0.136. The van der Waals surface area contributed by atoms with Gasteiger partial charge < -0.3 is 18.1 Å². The first-order valence-electron chi connectivity index (χ1n) is 8.13. The Bertz CT molecular complexity index is 1260. The third kappa shape index (κ3) is 3.73. The summed E-state index contributed by atoms with van der Waals surface area (Å²) in [5, 5.41) is -0.402. The van der Waals surface area contributed by atoms with Gasteiger partial charge in [0.2, 0.25) is 0 Å². The number of fused-ring (bicyclic) bond motifs is 2. The molecular formula is C18H11F3O7S. The molecule has 7 nitrogen and oxygen atoms in total. The molecule has 0 atom stereocenters. The average molecular weight is 428 g/mol. The van der Waals surface area contributed by atoms with E-state index in [2.05, 4.69) is 0 Å². The fourth-order valence-electron chi connectivity index (χ4n) is 2.78. The first-order valence-corrected chi connectivity index (χ1v) is 9.53. The van der Waals surface area contributed by atoms with Crippen LogP contribution in [0.25, 0.3) is 11.0 Å². The zero-order chi connectivity index (χ0) is 20.8. The van der Waals surface area contributed by atoms with Crippen molar-refractivity contribution >= 4 is 21.1 Å². The highest BCUT2D eigenvalue weighted by Crippen LogP contribution is 2.36. The van der Waals surface area contributed by atoms with Gasteiger partial charge in [0.05, 0.1) is 5.56 Å². The second-order valence-electron chi connectivity index (χ2n) is 5.98. The van der Waals surface area contributed by atoms with E-state index in [1.807, 2.05) is 0 Å². The van der Waals surface area contributed by atoms with Crippen LogP contribution in [0.15, 0.2) is 56.6 Å². The maximum Gasteiger partial charge on any atom is 0.417 e. The molecule has 3 aromatic rings. The normalized spacial score (nSPS) is 14.0. The number of rotatable bonds is 3. The number of ether oxygens (including phenoxy) is 2. The topological polar surface area (TPSA) is 92.0 Å². The molecule has 0 spiro atoms. The average Bonchev–Trinajstić information content (AvgIpc) is 2.65. The summed E-state index contributed by atoms with van der Waals surface area (Å²) >= 11 is 0. The summed E-state index contributed by atoms with van der Waals surface area (Å²) in [5.74, 6) is 0.275. The van der Waals surface area contributed by atoms with E-state index >= 15 is 0 Å². The third-order valence-corrected chi connectivity index (χ3v) is 5.27. The van der Waals surface area contributed by atoms with E-state index in [9.17, 15) is 26.4 Å². The molecule has 1 aromatic heterocycles. The number of benzene rings is 2. The first-order chi connectivity index (χ1) is 13.6. The van der Waals surface area contributed by atoms with Gasteiger partial charge >= 0.3 is 21.9 Å². The predicted molar refractivity (Wildman–Crippen MR) is 92.7 cm³/mol. The molecule has 0 saturated carbocycles. The molecule has 0 unspecified atom stereocenters. The lowest BCUT2D eigenvalue weighted by Crippen LogP contribution is -2.16. The quantitative estimate of drug-likeness (QED) is 0.467. The molecule has 0 N–H and O–H groups in total. The van der Waals surface area contributed by atoms with Gasteiger partial charge in [0, 0.05) is 23.6 Å². The summed E-state index contributed by atoms with van der Waals surface area (Å²) in [5.41, 5.74) is -2.87. The van der Waals surface area contributed by atoms with E-state index in [-0.39, 0.29) is 23.0 Å². The Morgan fingerprint density at radius 3 is 2.38 bits per heavy atom. The lowest BCUT2D eigenvalue weighted by atomic mass is 10.1. The van der Waals surface area contributed by atoms with Crippen LogP contribution in [0, 0.1) is 0 Å². The smallest absolute Gasteiger partial charge is 0.417 e. The van der Waals surface area contributed by atoms with Crippen LogP contribution in [-0.2, 0) is 16.3 Å². The minimum Gasteiger partial charge on any atom is -0.486 e. The van der Waals surface area contributed by atoms with Gasteiger partial charge in [-0.15, -0.1) is 0 Å². The molecule has 2 aromatic carbocycles. The maximum atomic E-state index is 13.1. The van der Waals surface area contributed by atoms with Gasteiger partial charge in [0.25, 0.3) is 0 Å². The molecule has 0 radical (unpaired) electrons. The predicted octanol–water partition coefficient (Wildman–Crippen LogP) is 3.35. The lowest BCUT2D eigenvalue weighted by Gasteiger charge is -2.18.